The molecule has 1 heterocycles. The van der Waals surface area contributed by atoms with Crippen molar-refractivity contribution >= 4 is 11.8 Å². The van der Waals surface area contributed by atoms with Crippen LogP contribution >= 0.6 is 0 Å². The Kier molecular flexibility index (Phi) is 6.30. The molecule has 0 radical (unpaired) electrons. The SMILES string of the molecule is COc1ccc(C2C(C(=O)OCc3ccccc3)=C(C)NC3=CCCC(=O)C32)c(OC)c1. The van der Waals surface area contributed by atoms with Gasteiger partial charge in [0.2, 0.25) is 0 Å². The van der Waals surface area contributed by atoms with Crippen molar-refractivity contribution in [3.8, 4) is 11.5 Å². The summed E-state index contributed by atoms with van der Waals surface area (Å²) >= 11 is 0. The highest BCUT2D eigenvalue weighted by molar-refractivity contribution is 5.96. The summed E-state index contributed by atoms with van der Waals surface area (Å²) in [5, 5.41) is 3.29. The van der Waals surface area contributed by atoms with Crippen LogP contribution in [0.25, 0.3) is 0 Å². The highest BCUT2D eigenvalue weighted by Gasteiger charge is 2.44. The minimum absolute atomic E-state index is 0.0960. The van der Waals surface area contributed by atoms with Gasteiger partial charge in [0.15, 0.2) is 0 Å². The largest absolute Gasteiger partial charge is 0.497 e. The van der Waals surface area contributed by atoms with E-state index in [2.05, 4.69) is 5.32 Å². The Morgan fingerprint density at radius 3 is 2.56 bits per heavy atom. The van der Waals surface area contributed by atoms with E-state index in [0.717, 1.165) is 16.8 Å². The smallest absolute Gasteiger partial charge is 0.336 e. The Morgan fingerprint density at radius 1 is 1.06 bits per heavy atom. The Labute approximate surface area is 187 Å². The van der Waals surface area contributed by atoms with Crippen LogP contribution in [-0.4, -0.2) is 26.0 Å². The van der Waals surface area contributed by atoms with Crippen molar-refractivity contribution in [2.75, 3.05) is 14.2 Å². The number of methoxy groups -OCH3 is 2. The van der Waals surface area contributed by atoms with E-state index in [4.69, 9.17) is 14.2 Å². The minimum Gasteiger partial charge on any atom is -0.497 e. The lowest BCUT2D eigenvalue weighted by Gasteiger charge is -2.38. The maximum atomic E-state index is 13.4. The third kappa shape index (κ3) is 4.13. The van der Waals surface area contributed by atoms with Crippen LogP contribution < -0.4 is 14.8 Å². The van der Waals surface area contributed by atoms with Crippen molar-refractivity contribution in [2.24, 2.45) is 5.92 Å². The zero-order valence-corrected chi connectivity index (χ0v) is 18.5. The summed E-state index contributed by atoms with van der Waals surface area (Å²) in [6.07, 6.45) is 3.17. The molecule has 1 aliphatic heterocycles. The average molecular weight is 434 g/mol. The first-order chi connectivity index (χ1) is 15.5. The highest BCUT2D eigenvalue weighted by atomic mass is 16.5. The van der Waals surface area contributed by atoms with Crippen LogP contribution in [0, 0.1) is 5.92 Å². The summed E-state index contributed by atoms with van der Waals surface area (Å²) in [4.78, 5) is 26.4. The number of benzene rings is 2. The summed E-state index contributed by atoms with van der Waals surface area (Å²) in [7, 11) is 3.16. The van der Waals surface area contributed by atoms with Crippen molar-refractivity contribution in [3.05, 3.63) is 82.7 Å². The van der Waals surface area contributed by atoms with Crippen molar-refractivity contribution < 1.29 is 23.8 Å². The van der Waals surface area contributed by atoms with E-state index in [-0.39, 0.29) is 12.4 Å². The van der Waals surface area contributed by atoms with Crippen LogP contribution in [0.1, 0.15) is 36.8 Å². The van der Waals surface area contributed by atoms with Gasteiger partial charge in [-0.3, -0.25) is 4.79 Å². The zero-order valence-electron chi connectivity index (χ0n) is 18.5. The third-order valence-corrected chi connectivity index (χ3v) is 6.03. The number of nitrogens with one attached hydrogen (secondary N) is 1. The Hall–Kier alpha value is -3.54. The first-order valence-electron chi connectivity index (χ1n) is 10.7. The quantitative estimate of drug-likeness (QED) is 0.686. The van der Waals surface area contributed by atoms with Gasteiger partial charge in [0.05, 0.1) is 25.7 Å². The standard InChI is InChI=1S/C26H27NO5/c1-16-23(26(29)32-15-17-8-5-4-6-9-17)24(25-20(27-16)10-7-11-21(25)28)19-13-12-18(30-2)14-22(19)31-3/h4-6,8-10,12-14,24-25,27H,7,11,15H2,1-3H3. The minimum atomic E-state index is -0.514. The first kappa shape index (κ1) is 21.7. The van der Waals surface area contributed by atoms with Crippen LogP contribution in [0.5, 0.6) is 11.5 Å². The Bertz CT molecular complexity index is 1090. The van der Waals surface area contributed by atoms with E-state index in [1.54, 1.807) is 20.3 Å². The number of hydrogen-bond acceptors (Lipinski definition) is 6. The molecule has 0 saturated heterocycles. The third-order valence-electron chi connectivity index (χ3n) is 6.03. The molecule has 6 heteroatoms. The molecule has 2 atom stereocenters. The number of ether oxygens (including phenoxy) is 3. The first-order valence-corrected chi connectivity index (χ1v) is 10.7. The van der Waals surface area contributed by atoms with Crippen LogP contribution in [-0.2, 0) is 20.9 Å². The molecule has 2 unspecified atom stereocenters. The summed E-state index contributed by atoms with van der Waals surface area (Å²) in [5.74, 6) is -0.152. The second-order valence-electron chi connectivity index (χ2n) is 7.95. The van der Waals surface area contributed by atoms with E-state index in [1.807, 2.05) is 55.5 Å². The number of esters is 1. The lowest BCUT2D eigenvalue weighted by molar-refractivity contribution is -0.141. The fraction of sp³-hybridized carbons (Fsp3) is 0.308. The zero-order chi connectivity index (χ0) is 22.7. The summed E-state index contributed by atoms with van der Waals surface area (Å²) in [6, 6.07) is 15.0. The van der Waals surface area contributed by atoms with E-state index in [0.29, 0.717) is 35.6 Å². The van der Waals surface area contributed by atoms with Gasteiger partial charge in [-0.15, -0.1) is 0 Å². The molecule has 166 valence electrons. The van der Waals surface area contributed by atoms with E-state index in [9.17, 15) is 9.59 Å². The normalized spacial score (nSPS) is 20.1. The monoisotopic (exact) mass is 433 g/mol. The highest BCUT2D eigenvalue weighted by Crippen LogP contribution is 2.47. The molecule has 0 saturated carbocycles. The predicted octanol–water partition coefficient (Wildman–Crippen LogP) is 4.27. The molecule has 0 amide bonds. The predicted molar refractivity (Wildman–Crippen MR) is 120 cm³/mol. The number of Topliss-reactive ketones (excluding diaryl/α,β-unsaturated/α-hetero) is 1. The van der Waals surface area contributed by atoms with E-state index >= 15 is 0 Å². The molecule has 4 rings (SSSR count). The summed E-state index contributed by atoms with van der Waals surface area (Å²) in [6.45, 7) is 2.00. The lowest BCUT2D eigenvalue weighted by atomic mass is 9.70. The molecule has 2 aromatic carbocycles. The molecule has 0 fully saturated rings. The maximum absolute atomic E-state index is 13.4. The average Bonchev–Trinajstić information content (AvgIpc) is 2.82. The number of rotatable bonds is 6. The fourth-order valence-corrected chi connectivity index (χ4v) is 4.50. The van der Waals surface area contributed by atoms with Gasteiger partial charge in [0, 0.05) is 35.4 Å². The van der Waals surface area contributed by atoms with Gasteiger partial charge in [-0.25, -0.2) is 4.79 Å². The maximum Gasteiger partial charge on any atom is 0.336 e. The summed E-state index contributed by atoms with van der Waals surface area (Å²) < 4.78 is 16.7. The Balaban J connectivity index is 1.77. The van der Waals surface area contributed by atoms with Crippen LogP contribution in [0.15, 0.2) is 71.6 Å². The molecule has 1 N–H and O–H groups in total. The number of allylic oxidation sites excluding steroid dienone is 3. The lowest BCUT2D eigenvalue weighted by Crippen LogP contribution is -2.40. The number of fused-ring (bicyclic) bond motifs is 1. The van der Waals surface area contributed by atoms with Crippen molar-refractivity contribution in [1.82, 2.24) is 5.32 Å². The topological polar surface area (TPSA) is 73.9 Å². The van der Waals surface area contributed by atoms with Gasteiger partial charge in [0.25, 0.3) is 0 Å². The van der Waals surface area contributed by atoms with Gasteiger partial charge >= 0.3 is 5.97 Å². The van der Waals surface area contributed by atoms with Crippen molar-refractivity contribution in [2.45, 2.75) is 32.3 Å². The number of hydrogen-bond donors (Lipinski definition) is 1. The van der Waals surface area contributed by atoms with Crippen LogP contribution in [0.3, 0.4) is 0 Å². The number of ketones is 1. The number of carbonyl (C=O) groups excluding carboxylic acids is 2. The molecule has 2 aromatic rings. The van der Waals surface area contributed by atoms with E-state index < -0.39 is 17.8 Å². The summed E-state index contributed by atoms with van der Waals surface area (Å²) in [5.41, 5.74) is 3.62. The molecule has 32 heavy (non-hydrogen) atoms. The van der Waals surface area contributed by atoms with Crippen LogP contribution in [0.2, 0.25) is 0 Å². The molecule has 0 spiro atoms. The second-order valence-corrected chi connectivity index (χ2v) is 7.95. The van der Waals surface area contributed by atoms with Crippen molar-refractivity contribution in [3.63, 3.8) is 0 Å². The molecule has 6 nitrogen and oxygen atoms in total. The molecular weight excluding hydrogens is 406 g/mol. The van der Waals surface area contributed by atoms with Gasteiger partial charge < -0.3 is 19.5 Å². The molecule has 1 aliphatic carbocycles. The number of carbonyl (C=O) groups is 2. The molecular formula is C26H27NO5. The van der Waals surface area contributed by atoms with Gasteiger partial charge in [-0.1, -0.05) is 42.5 Å². The fourth-order valence-electron chi connectivity index (χ4n) is 4.50. The Morgan fingerprint density at radius 2 is 1.84 bits per heavy atom. The van der Waals surface area contributed by atoms with Crippen molar-refractivity contribution in [1.29, 1.82) is 0 Å². The molecule has 0 bridgehead atoms. The van der Waals surface area contributed by atoms with Gasteiger partial charge in [0.1, 0.15) is 23.9 Å². The van der Waals surface area contributed by atoms with Gasteiger partial charge in [-0.2, -0.15) is 0 Å². The second kappa shape index (κ2) is 9.30. The molecule has 2 aliphatic rings. The van der Waals surface area contributed by atoms with Gasteiger partial charge in [-0.05, 0) is 25.0 Å². The van der Waals surface area contributed by atoms with Crippen LogP contribution in [0.4, 0.5) is 0 Å². The molecule has 0 aromatic heterocycles. The van der Waals surface area contributed by atoms with E-state index in [1.165, 1.54) is 0 Å².